The highest BCUT2D eigenvalue weighted by molar-refractivity contribution is 6.13. The molecule has 5 rings (SSSR count). The Kier molecular flexibility index (Phi) is 7.77. The van der Waals surface area contributed by atoms with E-state index in [4.69, 9.17) is 4.74 Å². The van der Waals surface area contributed by atoms with Crippen molar-refractivity contribution in [1.29, 1.82) is 0 Å². The van der Waals surface area contributed by atoms with Crippen molar-refractivity contribution in [2.45, 2.75) is 31.7 Å². The number of nitrogens with zero attached hydrogens (tertiary/aromatic N) is 4. The molecular weight excluding hydrogens is 482 g/mol. The summed E-state index contributed by atoms with van der Waals surface area (Å²) in [4.78, 5) is 40.3. The molecular formula is C28H31N7O3. The number of carbonyl (C=O) groups excluding carboxylic acids is 2. The van der Waals surface area contributed by atoms with E-state index in [0.717, 1.165) is 17.7 Å². The van der Waals surface area contributed by atoms with Gasteiger partial charge in [-0.05, 0) is 30.5 Å². The van der Waals surface area contributed by atoms with Crippen LogP contribution >= 0.6 is 0 Å². The van der Waals surface area contributed by atoms with Crippen LogP contribution in [-0.2, 0) is 16.1 Å². The minimum atomic E-state index is -0.628. The molecule has 1 unspecified atom stereocenters. The van der Waals surface area contributed by atoms with E-state index in [2.05, 4.69) is 43.0 Å². The second kappa shape index (κ2) is 11.7. The lowest BCUT2D eigenvalue weighted by Gasteiger charge is -2.18. The van der Waals surface area contributed by atoms with Gasteiger partial charge >= 0.3 is 0 Å². The lowest BCUT2D eigenvalue weighted by Crippen LogP contribution is -2.29. The van der Waals surface area contributed by atoms with Gasteiger partial charge in [0.1, 0.15) is 29.6 Å². The SMILES string of the molecule is CN1CCCNc2ncnc3c2C(C=Nc2ccc(NCc4ccccc4)c(c2)OCCCC1=O)C(=O)N3. The summed E-state index contributed by atoms with van der Waals surface area (Å²) in [6.45, 7) is 2.24. The Labute approximate surface area is 221 Å². The molecule has 2 aromatic carbocycles. The van der Waals surface area contributed by atoms with Crippen LogP contribution in [0.15, 0.2) is 59.9 Å². The molecule has 0 saturated heterocycles. The van der Waals surface area contributed by atoms with Crippen LogP contribution in [0, 0.1) is 0 Å². The number of amides is 2. The number of ether oxygens (including phenoxy) is 1. The highest BCUT2D eigenvalue weighted by atomic mass is 16.5. The lowest BCUT2D eigenvalue weighted by molar-refractivity contribution is -0.130. The van der Waals surface area contributed by atoms with Crippen LogP contribution in [0.4, 0.5) is 23.0 Å². The molecule has 0 fully saturated rings. The number of carbonyl (C=O) groups is 2. The molecule has 0 radical (unpaired) electrons. The van der Waals surface area contributed by atoms with Crippen molar-refractivity contribution in [2.75, 3.05) is 42.7 Å². The van der Waals surface area contributed by atoms with Gasteiger partial charge in [0.15, 0.2) is 0 Å². The predicted molar refractivity (Wildman–Crippen MR) is 147 cm³/mol. The first-order valence-corrected chi connectivity index (χ1v) is 12.8. The first-order chi connectivity index (χ1) is 18.6. The quantitative estimate of drug-likeness (QED) is 0.485. The van der Waals surface area contributed by atoms with Crippen LogP contribution < -0.4 is 20.7 Å². The third-order valence-corrected chi connectivity index (χ3v) is 6.56. The van der Waals surface area contributed by atoms with E-state index in [1.165, 1.54) is 6.33 Å². The van der Waals surface area contributed by atoms with E-state index in [0.29, 0.717) is 67.7 Å². The van der Waals surface area contributed by atoms with E-state index >= 15 is 0 Å². The van der Waals surface area contributed by atoms with Crippen molar-refractivity contribution in [3.8, 4) is 5.75 Å². The maximum absolute atomic E-state index is 12.8. The average molecular weight is 514 g/mol. The number of hydrogen-bond donors (Lipinski definition) is 3. The number of aliphatic imine (C=N–C) groups is 1. The van der Waals surface area contributed by atoms with Crippen molar-refractivity contribution in [2.24, 2.45) is 4.99 Å². The Bertz CT molecular complexity index is 1330. The fourth-order valence-electron chi connectivity index (χ4n) is 4.45. The molecule has 1 aromatic heterocycles. The van der Waals surface area contributed by atoms with Crippen LogP contribution in [-0.4, -0.2) is 59.6 Å². The van der Waals surface area contributed by atoms with Crippen molar-refractivity contribution in [3.05, 3.63) is 66.0 Å². The lowest BCUT2D eigenvalue weighted by atomic mass is 10.0. The van der Waals surface area contributed by atoms with Gasteiger partial charge in [-0.3, -0.25) is 14.6 Å². The number of fused-ring (bicyclic) bond motifs is 2. The number of hydrogen-bond acceptors (Lipinski definition) is 8. The van der Waals surface area contributed by atoms with Crippen LogP contribution in [0.2, 0.25) is 0 Å². The standard InChI is InChI=1S/C28H31N7O3/c1-35-13-6-12-29-26-25-21(28(37)34-27(25)33-18-32-26)17-30-20-10-11-22(31-16-19-7-3-2-4-8-19)23(15-20)38-14-5-9-24(35)36/h2-4,7-8,10-11,15,17-18,21,31H,5-6,9,12-14,16H2,1H3,(H2,29,32,33,34,37). The largest absolute Gasteiger partial charge is 0.491 e. The maximum Gasteiger partial charge on any atom is 0.238 e. The molecule has 2 amide bonds. The normalized spacial score (nSPS) is 17.9. The molecule has 196 valence electrons. The topological polar surface area (TPSA) is 121 Å². The van der Waals surface area contributed by atoms with Crippen molar-refractivity contribution >= 4 is 41.0 Å². The van der Waals surface area contributed by atoms with Gasteiger partial charge in [0.25, 0.3) is 0 Å². The summed E-state index contributed by atoms with van der Waals surface area (Å²) < 4.78 is 6.12. The zero-order valence-corrected chi connectivity index (χ0v) is 21.3. The van der Waals surface area contributed by atoms with E-state index in [-0.39, 0.29) is 11.8 Å². The molecule has 0 spiro atoms. The van der Waals surface area contributed by atoms with Gasteiger partial charge in [-0.15, -0.1) is 0 Å². The summed E-state index contributed by atoms with van der Waals surface area (Å²) in [5.74, 6) is 0.953. The maximum atomic E-state index is 12.8. The van der Waals surface area contributed by atoms with E-state index in [1.807, 2.05) is 43.4 Å². The molecule has 3 heterocycles. The summed E-state index contributed by atoms with van der Waals surface area (Å²) in [6, 6.07) is 15.7. The molecule has 1 atom stereocenters. The molecule has 3 N–H and O–H groups in total. The van der Waals surface area contributed by atoms with Gasteiger partial charge < -0.3 is 25.6 Å². The molecule has 10 heteroatoms. The molecule has 2 aliphatic rings. The molecule has 2 bridgehead atoms. The predicted octanol–water partition coefficient (Wildman–Crippen LogP) is 3.96. The second-order valence-corrected chi connectivity index (χ2v) is 9.30. The van der Waals surface area contributed by atoms with Gasteiger partial charge in [0.05, 0.1) is 23.5 Å². The Hall–Kier alpha value is -4.47. The van der Waals surface area contributed by atoms with Crippen molar-refractivity contribution in [1.82, 2.24) is 14.9 Å². The first-order valence-electron chi connectivity index (χ1n) is 12.8. The number of benzene rings is 2. The highest BCUT2D eigenvalue weighted by Crippen LogP contribution is 2.36. The van der Waals surface area contributed by atoms with Crippen molar-refractivity contribution in [3.63, 3.8) is 0 Å². The van der Waals surface area contributed by atoms with Gasteiger partial charge in [0.2, 0.25) is 11.8 Å². The van der Waals surface area contributed by atoms with Gasteiger partial charge in [0, 0.05) is 45.4 Å². The van der Waals surface area contributed by atoms with E-state index in [1.54, 1.807) is 11.1 Å². The third-order valence-electron chi connectivity index (χ3n) is 6.56. The summed E-state index contributed by atoms with van der Waals surface area (Å²) >= 11 is 0. The summed E-state index contributed by atoms with van der Waals surface area (Å²) in [5.41, 5.74) is 3.29. The third kappa shape index (κ3) is 5.91. The fraction of sp³-hybridized carbons (Fsp3) is 0.321. The summed E-state index contributed by atoms with van der Waals surface area (Å²) in [7, 11) is 1.81. The fourth-order valence-corrected chi connectivity index (χ4v) is 4.45. The van der Waals surface area contributed by atoms with Gasteiger partial charge in [-0.25, -0.2) is 9.97 Å². The van der Waals surface area contributed by atoms with Crippen molar-refractivity contribution < 1.29 is 14.3 Å². The second-order valence-electron chi connectivity index (χ2n) is 9.30. The molecule has 3 aromatic rings. The Morgan fingerprint density at radius 3 is 2.79 bits per heavy atom. The Balaban J connectivity index is 1.43. The Morgan fingerprint density at radius 1 is 1.08 bits per heavy atom. The Morgan fingerprint density at radius 2 is 1.92 bits per heavy atom. The summed E-state index contributed by atoms with van der Waals surface area (Å²) in [6.07, 6.45) is 4.79. The number of rotatable bonds is 3. The van der Waals surface area contributed by atoms with Crippen LogP contribution in [0.3, 0.4) is 0 Å². The monoisotopic (exact) mass is 513 g/mol. The minimum absolute atomic E-state index is 0.0771. The van der Waals surface area contributed by atoms with Gasteiger partial charge in [-0.2, -0.15) is 0 Å². The first kappa shape index (κ1) is 25.2. The minimum Gasteiger partial charge on any atom is -0.491 e. The van der Waals surface area contributed by atoms with E-state index < -0.39 is 5.92 Å². The van der Waals surface area contributed by atoms with Crippen LogP contribution in [0.1, 0.15) is 36.3 Å². The number of anilines is 3. The number of nitrogens with one attached hydrogen (secondary N) is 3. The van der Waals surface area contributed by atoms with Gasteiger partial charge in [-0.1, -0.05) is 30.3 Å². The molecule has 0 aliphatic carbocycles. The smallest absolute Gasteiger partial charge is 0.238 e. The molecule has 0 saturated carbocycles. The average Bonchev–Trinajstić information content (AvgIpc) is 3.26. The van der Waals surface area contributed by atoms with Crippen LogP contribution in [0.5, 0.6) is 5.75 Å². The highest BCUT2D eigenvalue weighted by Gasteiger charge is 2.33. The summed E-state index contributed by atoms with van der Waals surface area (Å²) in [5, 5.41) is 9.56. The van der Waals surface area contributed by atoms with E-state index in [9.17, 15) is 9.59 Å². The number of aromatic nitrogens is 2. The molecule has 10 nitrogen and oxygen atoms in total. The molecule has 38 heavy (non-hydrogen) atoms. The zero-order chi connectivity index (χ0) is 26.3. The van der Waals surface area contributed by atoms with Crippen LogP contribution in [0.25, 0.3) is 0 Å². The molecule has 2 aliphatic heterocycles. The zero-order valence-electron chi connectivity index (χ0n) is 21.3.